The van der Waals surface area contributed by atoms with Gasteiger partial charge in [-0.25, -0.2) is 4.39 Å². The largest absolute Gasteiger partial charge is 0.299 e. The van der Waals surface area contributed by atoms with Crippen molar-refractivity contribution in [3.63, 3.8) is 0 Å². The fourth-order valence-corrected chi connectivity index (χ4v) is 4.17. The molecule has 0 amide bonds. The van der Waals surface area contributed by atoms with Gasteiger partial charge in [-0.3, -0.25) is 5.32 Å². The molecular weight excluding hydrogens is 305 g/mol. The van der Waals surface area contributed by atoms with Crippen molar-refractivity contribution in [3.8, 4) is 12.3 Å². The van der Waals surface area contributed by atoms with Crippen molar-refractivity contribution >= 4 is 11.8 Å². The van der Waals surface area contributed by atoms with Crippen molar-refractivity contribution in [2.75, 3.05) is 6.54 Å². The molecule has 2 aromatic carbocycles. The van der Waals surface area contributed by atoms with Crippen LogP contribution in [0.4, 0.5) is 4.39 Å². The summed E-state index contributed by atoms with van der Waals surface area (Å²) < 4.78 is 13.0. The van der Waals surface area contributed by atoms with Crippen molar-refractivity contribution in [1.82, 2.24) is 5.32 Å². The minimum atomic E-state index is -0.182. The Balaban J connectivity index is 1.75. The molecule has 3 heteroatoms. The van der Waals surface area contributed by atoms with Crippen molar-refractivity contribution in [2.45, 2.75) is 36.0 Å². The molecule has 0 aliphatic heterocycles. The van der Waals surface area contributed by atoms with Crippen LogP contribution in [0.25, 0.3) is 0 Å². The van der Waals surface area contributed by atoms with Crippen LogP contribution < -0.4 is 5.32 Å². The molecule has 118 valence electrons. The SMILES string of the molecule is C#CCNC1CCCc2c(SCc3ccc(F)cc3)cccc21. The number of benzene rings is 2. The van der Waals surface area contributed by atoms with Gasteiger partial charge in [-0.15, -0.1) is 18.2 Å². The van der Waals surface area contributed by atoms with Gasteiger partial charge >= 0.3 is 0 Å². The standard InChI is InChI=1S/C20H20FNS/c1-2-13-22-19-7-3-6-18-17(19)5-4-8-20(18)23-14-15-9-11-16(21)12-10-15/h1,4-5,8-12,19,22H,3,6-7,13-14H2. The summed E-state index contributed by atoms with van der Waals surface area (Å²) in [6.07, 6.45) is 8.82. The highest BCUT2D eigenvalue weighted by Crippen LogP contribution is 2.36. The van der Waals surface area contributed by atoms with Crippen LogP contribution in [-0.2, 0) is 12.2 Å². The lowest BCUT2D eigenvalue weighted by Crippen LogP contribution is -2.25. The summed E-state index contributed by atoms with van der Waals surface area (Å²) in [6, 6.07) is 13.7. The van der Waals surface area contributed by atoms with Crippen LogP contribution in [0.5, 0.6) is 0 Å². The second-order valence-corrected chi connectivity index (χ2v) is 6.79. The third kappa shape index (κ3) is 3.96. The third-order valence-electron chi connectivity index (χ3n) is 4.22. The van der Waals surface area contributed by atoms with Gasteiger partial charge in [0.15, 0.2) is 0 Å². The van der Waals surface area contributed by atoms with E-state index in [9.17, 15) is 4.39 Å². The predicted octanol–water partition coefficient (Wildman–Crippen LogP) is 4.72. The Morgan fingerprint density at radius 2 is 2.04 bits per heavy atom. The zero-order chi connectivity index (χ0) is 16.1. The Bertz CT molecular complexity index is 703. The van der Waals surface area contributed by atoms with Gasteiger partial charge in [0.25, 0.3) is 0 Å². The Hall–Kier alpha value is -1.76. The Kier molecular flexibility index (Phi) is 5.38. The first-order chi connectivity index (χ1) is 11.3. The second-order valence-electron chi connectivity index (χ2n) is 5.77. The quantitative estimate of drug-likeness (QED) is 0.631. The molecule has 1 N–H and O–H groups in total. The fraction of sp³-hybridized carbons (Fsp3) is 0.300. The molecule has 1 nitrogen and oxygen atoms in total. The van der Waals surface area contributed by atoms with Crippen molar-refractivity contribution in [2.24, 2.45) is 0 Å². The molecule has 2 aromatic rings. The van der Waals surface area contributed by atoms with Gasteiger partial charge in [-0.2, -0.15) is 0 Å². The van der Waals surface area contributed by atoms with Crippen molar-refractivity contribution in [3.05, 3.63) is 65.0 Å². The smallest absolute Gasteiger partial charge is 0.123 e. The van der Waals surface area contributed by atoms with E-state index in [-0.39, 0.29) is 5.82 Å². The summed E-state index contributed by atoms with van der Waals surface area (Å²) in [7, 11) is 0. The van der Waals surface area contributed by atoms with E-state index in [0.717, 1.165) is 24.2 Å². The van der Waals surface area contributed by atoms with Crippen LogP contribution in [0, 0.1) is 18.2 Å². The number of hydrogen-bond acceptors (Lipinski definition) is 2. The van der Waals surface area contributed by atoms with Crippen LogP contribution in [0.2, 0.25) is 0 Å². The van der Waals surface area contributed by atoms with E-state index in [1.807, 2.05) is 23.9 Å². The van der Waals surface area contributed by atoms with Crippen LogP contribution in [0.3, 0.4) is 0 Å². The number of nitrogens with one attached hydrogen (secondary N) is 1. The highest BCUT2D eigenvalue weighted by Gasteiger charge is 2.21. The van der Waals surface area contributed by atoms with E-state index in [4.69, 9.17) is 6.42 Å². The number of halogens is 1. The number of thioether (sulfide) groups is 1. The maximum absolute atomic E-state index is 13.0. The molecule has 0 fully saturated rings. The van der Waals surface area contributed by atoms with Crippen molar-refractivity contribution < 1.29 is 4.39 Å². The molecule has 0 radical (unpaired) electrons. The van der Waals surface area contributed by atoms with E-state index in [0.29, 0.717) is 12.6 Å². The van der Waals surface area contributed by atoms with Gasteiger partial charge in [0.2, 0.25) is 0 Å². The second kappa shape index (κ2) is 7.68. The van der Waals surface area contributed by atoms with Crippen LogP contribution in [-0.4, -0.2) is 6.54 Å². The Morgan fingerprint density at radius 3 is 2.83 bits per heavy atom. The summed E-state index contributed by atoms with van der Waals surface area (Å²) in [5, 5.41) is 3.45. The molecule has 1 aliphatic carbocycles. The van der Waals surface area contributed by atoms with E-state index < -0.39 is 0 Å². The number of terminal acetylenes is 1. The molecular formula is C20H20FNS. The first-order valence-electron chi connectivity index (χ1n) is 7.94. The Labute approximate surface area is 141 Å². The summed E-state index contributed by atoms with van der Waals surface area (Å²) >= 11 is 1.83. The minimum Gasteiger partial charge on any atom is -0.299 e. The fourth-order valence-electron chi connectivity index (χ4n) is 3.09. The molecule has 0 bridgehead atoms. The molecule has 3 rings (SSSR count). The molecule has 0 spiro atoms. The number of hydrogen-bond donors (Lipinski definition) is 1. The molecule has 0 heterocycles. The lowest BCUT2D eigenvalue weighted by atomic mass is 9.87. The topological polar surface area (TPSA) is 12.0 Å². The van der Waals surface area contributed by atoms with E-state index in [1.54, 1.807) is 0 Å². The van der Waals surface area contributed by atoms with Gasteiger partial charge in [0.1, 0.15) is 5.82 Å². The highest BCUT2D eigenvalue weighted by molar-refractivity contribution is 7.98. The first-order valence-corrected chi connectivity index (χ1v) is 8.92. The number of fused-ring (bicyclic) bond motifs is 1. The van der Waals surface area contributed by atoms with E-state index in [1.165, 1.54) is 34.6 Å². The van der Waals surface area contributed by atoms with Gasteiger partial charge in [-0.1, -0.05) is 30.2 Å². The molecule has 0 saturated carbocycles. The lowest BCUT2D eigenvalue weighted by molar-refractivity contribution is 0.479. The first kappa shape index (κ1) is 16.1. The molecule has 0 aromatic heterocycles. The van der Waals surface area contributed by atoms with E-state index in [2.05, 4.69) is 29.4 Å². The summed E-state index contributed by atoms with van der Waals surface area (Å²) in [5.41, 5.74) is 3.97. The normalized spacial score (nSPS) is 16.6. The average molecular weight is 325 g/mol. The summed E-state index contributed by atoms with van der Waals surface area (Å²) in [4.78, 5) is 1.33. The van der Waals surface area contributed by atoms with Crippen LogP contribution in [0.15, 0.2) is 47.4 Å². The average Bonchev–Trinajstić information content (AvgIpc) is 2.59. The predicted molar refractivity (Wildman–Crippen MR) is 94.9 cm³/mol. The Morgan fingerprint density at radius 1 is 1.22 bits per heavy atom. The zero-order valence-electron chi connectivity index (χ0n) is 13.0. The number of rotatable bonds is 5. The summed E-state index contributed by atoms with van der Waals surface area (Å²) in [5.74, 6) is 3.34. The third-order valence-corrected chi connectivity index (χ3v) is 5.39. The van der Waals surface area contributed by atoms with Crippen molar-refractivity contribution in [1.29, 1.82) is 0 Å². The van der Waals surface area contributed by atoms with Crippen LogP contribution in [0.1, 0.15) is 35.6 Å². The van der Waals surface area contributed by atoms with Gasteiger partial charge in [0, 0.05) is 16.7 Å². The van der Waals surface area contributed by atoms with Gasteiger partial charge < -0.3 is 0 Å². The van der Waals surface area contributed by atoms with Gasteiger partial charge in [0.05, 0.1) is 6.54 Å². The molecule has 23 heavy (non-hydrogen) atoms. The maximum Gasteiger partial charge on any atom is 0.123 e. The van der Waals surface area contributed by atoms with Crippen LogP contribution >= 0.6 is 11.8 Å². The summed E-state index contributed by atoms with van der Waals surface area (Å²) in [6.45, 7) is 0.608. The van der Waals surface area contributed by atoms with E-state index >= 15 is 0 Å². The molecule has 1 atom stereocenters. The minimum absolute atomic E-state index is 0.182. The lowest BCUT2D eigenvalue weighted by Gasteiger charge is -2.27. The maximum atomic E-state index is 13.0. The monoisotopic (exact) mass is 325 g/mol. The van der Waals surface area contributed by atoms with Gasteiger partial charge in [-0.05, 0) is 54.2 Å². The molecule has 1 unspecified atom stereocenters. The zero-order valence-corrected chi connectivity index (χ0v) is 13.8. The molecule has 0 saturated heterocycles. The highest BCUT2D eigenvalue weighted by atomic mass is 32.2. The molecule has 1 aliphatic rings.